The van der Waals surface area contributed by atoms with E-state index in [0.29, 0.717) is 0 Å². The highest BCUT2D eigenvalue weighted by molar-refractivity contribution is 6.32. The number of piperidine rings is 1. The smallest absolute Gasteiger partial charge is 0.422 e. The van der Waals surface area contributed by atoms with Crippen LogP contribution >= 0.6 is 11.6 Å². The van der Waals surface area contributed by atoms with Crippen LogP contribution in [0.25, 0.3) is 0 Å². The van der Waals surface area contributed by atoms with Crippen LogP contribution < -0.4 is 10.1 Å². The van der Waals surface area contributed by atoms with Gasteiger partial charge >= 0.3 is 12.4 Å². The number of anilines is 1. The summed E-state index contributed by atoms with van der Waals surface area (Å²) in [6.07, 6.45) is -8.85. The van der Waals surface area contributed by atoms with Gasteiger partial charge in [-0.15, -0.1) is 0 Å². The zero-order chi connectivity index (χ0) is 20.2. The molecule has 1 saturated heterocycles. The van der Waals surface area contributed by atoms with E-state index in [9.17, 15) is 31.1 Å². The first-order valence-corrected chi connectivity index (χ1v) is 8.40. The van der Waals surface area contributed by atoms with Crippen LogP contribution in [0, 0.1) is 5.92 Å². The van der Waals surface area contributed by atoms with Gasteiger partial charge in [-0.3, -0.25) is 9.69 Å². The van der Waals surface area contributed by atoms with Gasteiger partial charge in [0.1, 0.15) is 5.75 Å². The summed E-state index contributed by atoms with van der Waals surface area (Å²) in [5, 5.41) is 2.40. The largest absolute Gasteiger partial charge is 0.483 e. The Bertz CT molecular complexity index is 657. The Labute approximate surface area is 156 Å². The number of halogens is 7. The van der Waals surface area contributed by atoms with E-state index in [0.717, 1.165) is 0 Å². The molecule has 1 heterocycles. The molecule has 0 aromatic heterocycles. The van der Waals surface area contributed by atoms with Crippen molar-refractivity contribution in [3.8, 4) is 5.75 Å². The number of hydrogen-bond donors (Lipinski definition) is 1. The fourth-order valence-corrected chi connectivity index (χ4v) is 2.91. The molecular weight excluding hydrogens is 402 g/mol. The minimum atomic E-state index is -4.50. The number of likely N-dealkylation sites (tertiary alicyclic amines) is 1. The highest BCUT2D eigenvalue weighted by Gasteiger charge is 2.41. The summed E-state index contributed by atoms with van der Waals surface area (Å²) >= 11 is 5.83. The Kier molecular flexibility index (Phi) is 6.85. The zero-order valence-electron chi connectivity index (χ0n) is 14.0. The van der Waals surface area contributed by atoms with Gasteiger partial charge < -0.3 is 10.1 Å². The van der Waals surface area contributed by atoms with E-state index in [2.05, 4.69) is 10.1 Å². The fourth-order valence-electron chi connectivity index (χ4n) is 2.68. The van der Waals surface area contributed by atoms with E-state index in [1.54, 1.807) is 4.90 Å². The van der Waals surface area contributed by atoms with Crippen LogP contribution in [-0.4, -0.2) is 49.4 Å². The molecule has 152 valence electrons. The summed E-state index contributed by atoms with van der Waals surface area (Å²) in [7, 11) is 0. The number of carbonyl (C=O) groups is 1. The van der Waals surface area contributed by atoms with Crippen molar-refractivity contribution in [1.82, 2.24) is 4.90 Å². The number of rotatable bonds is 5. The van der Waals surface area contributed by atoms with E-state index in [1.807, 2.05) is 0 Å². The molecule has 0 atom stereocenters. The molecule has 1 aromatic rings. The first-order chi connectivity index (χ1) is 12.4. The molecule has 0 bridgehead atoms. The quantitative estimate of drug-likeness (QED) is 0.716. The lowest BCUT2D eigenvalue weighted by molar-refractivity contribution is -0.184. The molecule has 0 aliphatic carbocycles. The van der Waals surface area contributed by atoms with Gasteiger partial charge in [0.25, 0.3) is 0 Å². The summed E-state index contributed by atoms with van der Waals surface area (Å²) in [4.78, 5) is 13.6. The third kappa shape index (κ3) is 7.10. The summed E-state index contributed by atoms with van der Waals surface area (Å²) in [6.45, 7) is -1.27. The fraction of sp³-hybridized carbons (Fsp3) is 0.562. The Balaban J connectivity index is 1.83. The monoisotopic (exact) mass is 418 g/mol. The van der Waals surface area contributed by atoms with Crippen LogP contribution in [0.3, 0.4) is 0 Å². The topological polar surface area (TPSA) is 41.6 Å². The molecule has 1 amide bonds. The number of hydrogen-bond acceptors (Lipinski definition) is 3. The van der Waals surface area contributed by atoms with Gasteiger partial charge in [-0.25, -0.2) is 0 Å². The molecule has 1 aliphatic heterocycles. The van der Waals surface area contributed by atoms with Crippen molar-refractivity contribution in [2.75, 3.05) is 31.6 Å². The molecule has 27 heavy (non-hydrogen) atoms. The van der Waals surface area contributed by atoms with Crippen LogP contribution in [0.15, 0.2) is 18.2 Å². The van der Waals surface area contributed by atoms with Crippen molar-refractivity contribution in [3.63, 3.8) is 0 Å². The van der Waals surface area contributed by atoms with Crippen molar-refractivity contribution in [3.05, 3.63) is 23.2 Å². The Morgan fingerprint density at radius 3 is 2.33 bits per heavy atom. The van der Waals surface area contributed by atoms with Crippen molar-refractivity contribution in [2.45, 2.75) is 25.2 Å². The number of carbonyl (C=O) groups excluding carboxylic acids is 1. The van der Waals surface area contributed by atoms with E-state index in [4.69, 9.17) is 11.6 Å². The molecule has 0 unspecified atom stereocenters. The summed E-state index contributed by atoms with van der Waals surface area (Å²) in [5.74, 6) is -1.98. The average Bonchev–Trinajstić information content (AvgIpc) is 2.52. The van der Waals surface area contributed by atoms with Crippen LogP contribution in [0.5, 0.6) is 5.75 Å². The molecule has 1 fully saturated rings. The van der Waals surface area contributed by atoms with Gasteiger partial charge in [0, 0.05) is 5.69 Å². The van der Waals surface area contributed by atoms with Crippen LogP contribution in [0.2, 0.25) is 5.02 Å². The SMILES string of the molecule is O=C(CN1CCC(C(F)(F)F)CC1)Nc1ccc(OCC(F)(F)F)c(Cl)c1. The maximum Gasteiger partial charge on any atom is 0.422 e. The van der Waals surface area contributed by atoms with Gasteiger partial charge in [0.2, 0.25) is 5.91 Å². The van der Waals surface area contributed by atoms with Gasteiger partial charge in [0.05, 0.1) is 17.5 Å². The minimum absolute atomic E-state index is 0.0617. The molecule has 11 heteroatoms. The van der Waals surface area contributed by atoms with Gasteiger partial charge in [0.15, 0.2) is 6.61 Å². The van der Waals surface area contributed by atoms with Crippen molar-refractivity contribution in [2.24, 2.45) is 5.92 Å². The van der Waals surface area contributed by atoms with Crippen molar-refractivity contribution in [1.29, 1.82) is 0 Å². The number of nitrogens with one attached hydrogen (secondary N) is 1. The first-order valence-electron chi connectivity index (χ1n) is 8.02. The first kappa shape index (κ1) is 21.6. The lowest BCUT2D eigenvalue weighted by Gasteiger charge is -2.32. The number of amides is 1. The number of ether oxygens (including phenoxy) is 1. The lowest BCUT2D eigenvalue weighted by Crippen LogP contribution is -2.42. The van der Waals surface area contributed by atoms with E-state index >= 15 is 0 Å². The van der Waals surface area contributed by atoms with Crippen LogP contribution in [0.4, 0.5) is 32.0 Å². The van der Waals surface area contributed by atoms with E-state index < -0.39 is 30.8 Å². The second-order valence-corrected chi connectivity index (χ2v) is 6.60. The number of alkyl halides is 6. The Hall–Kier alpha value is -1.68. The second-order valence-electron chi connectivity index (χ2n) is 6.19. The standard InChI is InChI=1S/C16H17ClF6N2O2/c17-12-7-11(1-2-13(12)27-9-15(18,19)20)24-14(26)8-25-5-3-10(4-6-25)16(21,22)23/h1-2,7,10H,3-6,8-9H2,(H,24,26). The van der Waals surface area contributed by atoms with Gasteiger partial charge in [-0.1, -0.05) is 11.6 Å². The van der Waals surface area contributed by atoms with E-state index in [1.165, 1.54) is 18.2 Å². The molecule has 1 aliphatic rings. The van der Waals surface area contributed by atoms with Crippen molar-refractivity contribution < 1.29 is 35.9 Å². The molecule has 0 saturated carbocycles. The van der Waals surface area contributed by atoms with Crippen LogP contribution in [0.1, 0.15) is 12.8 Å². The summed E-state index contributed by atoms with van der Waals surface area (Å²) in [6, 6.07) is 3.75. The zero-order valence-corrected chi connectivity index (χ0v) is 14.7. The molecule has 4 nitrogen and oxygen atoms in total. The second kappa shape index (κ2) is 8.55. The summed E-state index contributed by atoms with van der Waals surface area (Å²) < 4.78 is 78.9. The maximum atomic E-state index is 12.6. The Morgan fingerprint density at radius 2 is 1.81 bits per heavy atom. The number of nitrogens with zero attached hydrogens (tertiary/aromatic N) is 1. The molecule has 0 radical (unpaired) electrons. The lowest BCUT2D eigenvalue weighted by atomic mass is 9.96. The minimum Gasteiger partial charge on any atom is -0.483 e. The molecule has 1 aromatic carbocycles. The van der Waals surface area contributed by atoms with E-state index in [-0.39, 0.29) is 48.9 Å². The highest BCUT2D eigenvalue weighted by atomic mass is 35.5. The average molecular weight is 419 g/mol. The highest BCUT2D eigenvalue weighted by Crippen LogP contribution is 2.34. The number of benzene rings is 1. The molecule has 0 spiro atoms. The molecular formula is C16H17ClF6N2O2. The third-order valence-electron chi connectivity index (χ3n) is 4.02. The summed E-state index contributed by atoms with van der Waals surface area (Å²) in [5.41, 5.74) is 0.245. The van der Waals surface area contributed by atoms with Gasteiger partial charge in [-0.05, 0) is 44.1 Å². The predicted molar refractivity (Wildman–Crippen MR) is 86.9 cm³/mol. The predicted octanol–water partition coefficient (Wildman–Crippen LogP) is 4.49. The maximum absolute atomic E-state index is 12.6. The van der Waals surface area contributed by atoms with Crippen LogP contribution in [-0.2, 0) is 4.79 Å². The van der Waals surface area contributed by atoms with Gasteiger partial charge in [-0.2, -0.15) is 26.3 Å². The normalized spacial score (nSPS) is 17.0. The van der Waals surface area contributed by atoms with Crippen molar-refractivity contribution >= 4 is 23.2 Å². The third-order valence-corrected chi connectivity index (χ3v) is 4.32. The molecule has 2 rings (SSSR count). The Morgan fingerprint density at radius 1 is 1.19 bits per heavy atom. The molecule has 1 N–H and O–H groups in total.